The van der Waals surface area contributed by atoms with E-state index in [9.17, 15) is 0 Å². The molecule has 4 heterocycles. The molecule has 4 fully saturated rings. The van der Waals surface area contributed by atoms with E-state index in [2.05, 4.69) is 24.3 Å². The second-order valence-electron chi connectivity index (χ2n) is 11.3. The summed E-state index contributed by atoms with van der Waals surface area (Å²) in [7, 11) is 0. The molecule has 8 atom stereocenters. The van der Waals surface area contributed by atoms with Crippen LogP contribution in [0.15, 0.2) is 84.9 Å². The summed E-state index contributed by atoms with van der Waals surface area (Å²) in [6.07, 6.45) is 1.97. The van der Waals surface area contributed by atoms with Gasteiger partial charge in [0.05, 0.1) is 25.4 Å². The fourth-order valence-electron chi connectivity index (χ4n) is 6.27. The van der Waals surface area contributed by atoms with E-state index in [-0.39, 0.29) is 50.2 Å². The molecule has 4 saturated heterocycles. The normalized spacial score (nSPS) is 33.0. The summed E-state index contributed by atoms with van der Waals surface area (Å²) in [6, 6.07) is 28.9. The van der Waals surface area contributed by atoms with E-state index in [1.165, 1.54) is 11.1 Å². The van der Waals surface area contributed by atoms with Crippen LogP contribution in [0.25, 0.3) is 0 Å². The maximum Gasteiger partial charge on any atom is 0.184 e. The molecule has 8 nitrogen and oxygen atoms in total. The molecule has 8 heteroatoms. The number of hydrogen-bond acceptors (Lipinski definition) is 8. The van der Waals surface area contributed by atoms with Crippen molar-refractivity contribution in [2.45, 2.75) is 74.9 Å². The second-order valence-corrected chi connectivity index (χ2v) is 11.3. The average Bonchev–Trinajstić information content (AvgIpc) is 3.07. The van der Waals surface area contributed by atoms with E-state index >= 15 is 0 Å². The molecule has 0 aliphatic carbocycles. The van der Waals surface area contributed by atoms with E-state index in [0.29, 0.717) is 13.2 Å². The van der Waals surface area contributed by atoms with Crippen molar-refractivity contribution in [2.24, 2.45) is 0 Å². The van der Waals surface area contributed by atoms with Gasteiger partial charge < -0.3 is 37.9 Å². The van der Waals surface area contributed by atoms with Crippen LogP contribution in [-0.2, 0) is 50.7 Å². The van der Waals surface area contributed by atoms with Crippen LogP contribution >= 0.6 is 0 Å². The molecule has 0 amide bonds. The van der Waals surface area contributed by atoms with Gasteiger partial charge in [0.1, 0.15) is 38.0 Å². The van der Waals surface area contributed by atoms with Gasteiger partial charge in [0, 0.05) is 11.1 Å². The molecule has 0 aromatic heterocycles. The van der Waals surface area contributed by atoms with Crippen LogP contribution in [0.1, 0.15) is 47.7 Å². The molecular formula is C34H38O8. The monoisotopic (exact) mass is 574 g/mol. The van der Waals surface area contributed by atoms with E-state index in [1.54, 1.807) is 0 Å². The average molecular weight is 575 g/mol. The topological polar surface area (TPSA) is 73.8 Å². The van der Waals surface area contributed by atoms with Crippen molar-refractivity contribution in [3.05, 3.63) is 107 Å². The third-order valence-electron chi connectivity index (χ3n) is 8.55. The molecule has 0 N–H and O–H groups in total. The molecule has 3 aromatic carbocycles. The summed E-state index contributed by atoms with van der Waals surface area (Å²) >= 11 is 0. The maximum absolute atomic E-state index is 6.37. The minimum atomic E-state index is -0.404. The first-order valence-corrected chi connectivity index (χ1v) is 15.0. The minimum Gasteiger partial charge on any atom is -0.349 e. The van der Waals surface area contributed by atoms with Crippen molar-refractivity contribution in [3.63, 3.8) is 0 Å². The number of fused-ring (bicyclic) bond motifs is 2. The lowest BCUT2D eigenvalue weighted by Gasteiger charge is -2.43. The lowest BCUT2D eigenvalue weighted by Crippen LogP contribution is -2.53. The Kier molecular flexibility index (Phi) is 8.92. The molecule has 0 saturated carbocycles. The van der Waals surface area contributed by atoms with Gasteiger partial charge in [0.15, 0.2) is 12.6 Å². The lowest BCUT2D eigenvalue weighted by molar-refractivity contribution is -0.334. The number of ether oxygens (including phenoxy) is 8. The predicted molar refractivity (Wildman–Crippen MR) is 152 cm³/mol. The van der Waals surface area contributed by atoms with Crippen molar-refractivity contribution < 1.29 is 37.9 Å². The largest absolute Gasteiger partial charge is 0.349 e. The number of benzene rings is 3. The highest BCUT2D eigenvalue weighted by atomic mass is 16.8. The highest BCUT2D eigenvalue weighted by Crippen LogP contribution is 2.35. The van der Waals surface area contributed by atoms with Crippen molar-refractivity contribution in [3.8, 4) is 0 Å². The first-order valence-electron chi connectivity index (χ1n) is 15.0. The van der Waals surface area contributed by atoms with Crippen LogP contribution in [0.5, 0.6) is 0 Å². The van der Waals surface area contributed by atoms with E-state index in [0.717, 1.165) is 36.8 Å². The summed E-state index contributed by atoms with van der Waals surface area (Å²) in [5.41, 5.74) is 4.58. The Morgan fingerprint density at radius 3 is 1.45 bits per heavy atom. The standard InChI is InChI=1S/C34H38O8/c1-3-10-25(11-4-1)33-35-19-29-31(41-33)27(37-21-39-29)16-14-23-8-7-9-24(18-23)15-17-28-32-30(40-22-38-28)20-36-34(42-32)26-12-5-2-6-13-26/h1-13,18,27-34H,14-17,19-22H2/t27-,28-,29+,30+,31+,32+,33-,34-/m1/s1. The fourth-order valence-corrected chi connectivity index (χ4v) is 6.27. The Morgan fingerprint density at radius 2 is 0.976 bits per heavy atom. The molecule has 0 unspecified atom stereocenters. The van der Waals surface area contributed by atoms with Gasteiger partial charge in [-0.1, -0.05) is 84.9 Å². The zero-order chi connectivity index (χ0) is 28.1. The lowest BCUT2D eigenvalue weighted by atomic mass is 9.95. The molecule has 0 spiro atoms. The zero-order valence-corrected chi connectivity index (χ0v) is 23.6. The summed E-state index contributed by atoms with van der Waals surface area (Å²) in [4.78, 5) is 0. The molecule has 0 radical (unpaired) electrons. The van der Waals surface area contributed by atoms with Crippen molar-refractivity contribution in [1.29, 1.82) is 0 Å². The van der Waals surface area contributed by atoms with Crippen LogP contribution in [0.2, 0.25) is 0 Å². The Morgan fingerprint density at radius 1 is 0.500 bits per heavy atom. The Hall–Kier alpha value is -2.66. The van der Waals surface area contributed by atoms with Crippen LogP contribution in [-0.4, -0.2) is 63.4 Å². The fraction of sp³-hybridized carbons (Fsp3) is 0.471. The van der Waals surface area contributed by atoms with Gasteiger partial charge in [-0.25, -0.2) is 0 Å². The highest BCUT2D eigenvalue weighted by Gasteiger charge is 2.43. The van der Waals surface area contributed by atoms with Crippen LogP contribution in [0.3, 0.4) is 0 Å². The summed E-state index contributed by atoms with van der Waals surface area (Å²) in [6.45, 7) is 1.52. The highest BCUT2D eigenvalue weighted by molar-refractivity contribution is 5.24. The Balaban J connectivity index is 0.947. The third-order valence-corrected chi connectivity index (χ3v) is 8.55. The summed E-state index contributed by atoms with van der Waals surface area (Å²) in [5, 5.41) is 0. The Labute approximate surface area is 246 Å². The van der Waals surface area contributed by atoms with E-state index in [4.69, 9.17) is 37.9 Å². The molecule has 42 heavy (non-hydrogen) atoms. The molecule has 4 aliphatic heterocycles. The van der Waals surface area contributed by atoms with Gasteiger partial charge in [0.2, 0.25) is 0 Å². The summed E-state index contributed by atoms with van der Waals surface area (Å²) in [5.74, 6) is 0. The molecule has 4 aliphatic rings. The molecular weight excluding hydrogens is 536 g/mol. The quantitative estimate of drug-likeness (QED) is 0.361. The van der Waals surface area contributed by atoms with Crippen molar-refractivity contribution in [1.82, 2.24) is 0 Å². The zero-order valence-electron chi connectivity index (χ0n) is 23.6. The second kappa shape index (κ2) is 13.3. The van der Waals surface area contributed by atoms with E-state index < -0.39 is 12.6 Å². The number of rotatable bonds is 8. The molecule has 7 rings (SSSR count). The van der Waals surface area contributed by atoms with Gasteiger partial charge in [-0.15, -0.1) is 0 Å². The third kappa shape index (κ3) is 6.46. The summed E-state index contributed by atoms with van der Waals surface area (Å²) < 4.78 is 48.4. The first-order chi connectivity index (χ1) is 20.8. The molecule has 222 valence electrons. The Bertz CT molecular complexity index is 1180. The van der Waals surface area contributed by atoms with Crippen molar-refractivity contribution in [2.75, 3.05) is 26.8 Å². The maximum atomic E-state index is 6.37. The number of hydrogen-bond donors (Lipinski definition) is 0. The number of aryl methyl sites for hydroxylation is 2. The van der Waals surface area contributed by atoms with Gasteiger partial charge in [0.25, 0.3) is 0 Å². The van der Waals surface area contributed by atoms with Gasteiger partial charge in [-0.2, -0.15) is 0 Å². The first kappa shape index (κ1) is 28.1. The van der Waals surface area contributed by atoms with Gasteiger partial charge >= 0.3 is 0 Å². The molecule has 3 aromatic rings. The van der Waals surface area contributed by atoms with Crippen molar-refractivity contribution >= 4 is 0 Å². The van der Waals surface area contributed by atoms with Gasteiger partial charge in [-0.3, -0.25) is 0 Å². The van der Waals surface area contributed by atoms with Gasteiger partial charge in [-0.05, 0) is 36.8 Å². The predicted octanol–water partition coefficient (Wildman–Crippen LogP) is 5.26. The minimum absolute atomic E-state index is 0.0571. The van der Waals surface area contributed by atoms with Crippen LogP contribution < -0.4 is 0 Å². The smallest absolute Gasteiger partial charge is 0.184 e. The molecule has 0 bridgehead atoms. The SMILES string of the molecule is c1ccc([C@@H]2OC[C@@H]3OCO[C@H](CCc4cccc(CC[C@H]5OCO[C@H]6CO[C@@H](c7ccccc7)O[C@H]65)c4)[C@@H]3O2)cc1. The van der Waals surface area contributed by atoms with Crippen LogP contribution in [0, 0.1) is 0 Å². The van der Waals surface area contributed by atoms with Crippen LogP contribution in [0.4, 0.5) is 0 Å². The van der Waals surface area contributed by atoms with E-state index in [1.807, 2.05) is 60.7 Å².